The molecule has 8 nitrogen and oxygen atoms in total. The van der Waals surface area contributed by atoms with Crippen LogP contribution in [0.25, 0.3) is 11.1 Å². The number of amides is 1. The van der Waals surface area contributed by atoms with Gasteiger partial charge in [0.1, 0.15) is 23.1 Å². The molecule has 2 heterocycles. The van der Waals surface area contributed by atoms with Crippen LogP contribution in [0.1, 0.15) is 49.2 Å². The van der Waals surface area contributed by atoms with Crippen molar-refractivity contribution in [2.24, 2.45) is 0 Å². The van der Waals surface area contributed by atoms with Crippen molar-refractivity contribution in [3.63, 3.8) is 0 Å². The SMILES string of the molecule is CCOC(=O)/C(C#N)=C1/C(=O)N2c3c(cc(OC(=O)c4ccccc4OC)cc31)C(C)=CC2(C)C. The minimum atomic E-state index is -0.883. The minimum absolute atomic E-state index is 0.0516. The standard InChI is InChI=1S/C27H24N2O6/c1-6-34-25(31)20(14-28)22-19-12-16(35-26(32)17-9-7-8-10-21(17)33-5)11-18-15(2)13-27(3,4)29(23(18)19)24(22)30/h7-13H,6H2,1-5H3/b22-20+. The average Bonchev–Trinajstić information content (AvgIpc) is 3.11. The number of rotatable bonds is 5. The van der Waals surface area contributed by atoms with Crippen molar-refractivity contribution in [2.45, 2.75) is 33.2 Å². The van der Waals surface area contributed by atoms with Crippen LogP contribution >= 0.6 is 0 Å². The summed E-state index contributed by atoms with van der Waals surface area (Å²) >= 11 is 0. The fourth-order valence-electron chi connectivity index (χ4n) is 4.57. The minimum Gasteiger partial charge on any atom is -0.496 e. The van der Waals surface area contributed by atoms with Crippen LogP contribution in [0.2, 0.25) is 0 Å². The molecular weight excluding hydrogens is 448 g/mol. The normalized spacial score (nSPS) is 16.6. The van der Waals surface area contributed by atoms with Crippen LogP contribution in [0.3, 0.4) is 0 Å². The zero-order valence-electron chi connectivity index (χ0n) is 20.1. The van der Waals surface area contributed by atoms with Gasteiger partial charge in [0.05, 0.1) is 30.5 Å². The van der Waals surface area contributed by atoms with Crippen LogP contribution < -0.4 is 14.4 Å². The van der Waals surface area contributed by atoms with E-state index in [-0.39, 0.29) is 23.5 Å². The molecule has 2 aromatic carbocycles. The Balaban J connectivity index is 1.92. The lowest BCUT2D eigenvalue weighted by molar-refractivity contribution is -0.138. The van der Waals surface area contributed by atoms with E-state index in [9.17, 15) is 19.6 Å². The summed E-state index contributed by atoms with van der Waals surface area (Å²) in [5.41, 5.74) is 1.47. The molecule has 0 saturated heterocycles. The van der Waals surface area contributed by atoms with Crippen molar-refractivity contribution in [1.82, 2.24) is 0 Å². The number of nitrogens with zero attached hydrogens (tertiary/aromatic N) is 2. The van der Waals surface area contributed by atoms with Gasteiger partial charge in [-0.3, -0.25) is 9.69 Å². The van der Waals surface area contributed by atoms with Gasteiger partial charge in [0, 0.05) is 11.1 Å². The summed E-state index contributed by atoms with van der Waals surface area (Å²) in [6.45, 7) is 7.30. The lowest BCUT2D eigenvalue weighted by Gasteiger charge is -2.38. The van der Waals surface area contributed by atoms with E-state index in [2.05, 4.69) is 0 Å². The molecule has 35 heavy (non-hydrogen) atoms. The number of para-hydroxylation sites is 1. The molecule has 2 aromatic rings. The second-order valence-corrected chi connectivity index (χ2v) is 8.66. The molecule has 2 aliphatic rings. The largest absolute Gasteiger partial charge is 0.496 e. The molecule has 178 valence electrons. The highest BCUT2D eigenvalue weighted by molar-refractivity contribution is 6.38. The summed E-state index contributed by atoms with van der Waals surface area (Å²) in [6, 6.07) is 11.7. The van der Waals surface area contributed by atoms with Gasteiger partial charge in [-0.05, 0) is 57.5 Å². The number of esters is 2. The van der Waals surface area contributed by atoms with Gasteiger partial charge >= 0.3 is 11.9 Å². The third kappa shape index (κ3) is 3.85. The number of ether oxygens (including phenoxy) is 3. The van der Waals surface area contributed by atoms with Gasteiger partial charge in [0.15, 0.2) is 5.57 Å². The topological polar surface area (TPSA) is 106 Å². The fraction of sp³-hybridized carbons (Fsp3) is 0.259. The Morgan fingerprint density at radius 1 is 1.14 bits per heavy atom. The summed E-state index contributed by atoms with van der Waals surface area (Å²) in [6.07, 6.45) is 1.92. The number of hydrogen-bond donors (Lipinski definition) is 0. The fourth-order valence-corrected chi connectivity index (χ4v) is 4.57. The van der Waals surface area contributed by atoms with E-state index in [1.807, 2.05) is 32.9 Å². The molecular formula is C27H24N2O6. The number of hydrogen-bond acceptors (Lipinski definition) is 7. The van der Waals surface area contributed by atoms with Gasteiger partial charge in [0.25, 0.3) is 5.91 Å². The van der Waals surface area contributed by atoms with E-state index >= 15 is 0 Å². The zero-order chi connectivity index (χ0) is 25.5. The highest BCUT2D eigenvalue weighted by Gasteiger charge is 2.47. The lowest BCUT2D eigenvalue weighted by atomic mass is 9.88. The third-order valence-corrected chi connectivity index (χ3v) is 5.94. The van der Waals surface area contributed by atoms with Crippen molar-refractivity contribution in [3.8, 4) is 17.6 Å². The first-order chi connectivity index (χ1) is 16.6. The van der Waals surface area contributed by atoms with Crippen molar-refractivity contribution in [3.05, 3.63) is 64.7 Å². The molecule has 4 rings (SSSR count). The smallest absolute Gasteiger partial charge is 0.349 e. The Labute approximate surface area is 203 Å². The highest BCUT2D eigenvalue weighted by Crippen LogP contribution is 2.51. The molecule has 0 fully saturated rings. The Morgan fingerprint density at radius 3 is 2.49 bits per heavy atom. The van der Waals surface area contributed by atoms with E-state index in [0.29, 0.717) is 22.6 Å². The summed E-state index contributed by atoms with van der Waals surface area (Å²) < 4.78 is 16.0. The van der Waals surface area contributed by atoms with Gasteiger partial charge in [-0.1, -0.05) is 18.2 Å². The predicted octanol–water partition coefficient (Wildman–Crippen LogP) is 4.30. The van der Waals surface area contributed by atoms with Crippen LogP contribution in [0, 0.1) is 11.3 Å². The molecule has 0 N–H and O–H groups in total. The van der Waals surface area contributed by atoms with Crippen molar-refractivity contribution >= 4 is 34.7 Å². The van der Waals surface area contributed by atoms with Gasteiger partial charge in [-0.25, -0.2) is 9.59 Å². The van der Waals surface area contributed by atoms with Crippen molar-refractivity contribution < 1.29 is 28.6 Å². The summed E-state index contributed by atoms with van der Waals surface area (Å²) in [5.74, 6) is -1.51. The van der Waals surface area contributed by atoms with E-state index in [1.165, 1.54) is 13.2 Å². The van der Waals surface area contributed by atoms with Crippen LogP contribution in [-0.4, -0.2) is 37.1 Å². The second kappa shape index (κ2) is 8.76. The zero-order valence-corrected chi connectivity index (χ0v) is 20.1. The summed E-state index contributed by atoms with van der Waals surface area (Å²) in [7, 11) is 1.46. The molecule has 0 atom stereocenters. The molecule has 0 aromatic heterocycles. The Hall–Kier alpha value is -4.38. The van der Waals surface area contributed by atoms with E-state index < -0.39 is 29.0 Å². The number of allylic oxidation sites excluding steroid dienone is 1. The van der Waals surface area contributed by atoms with Gasteiger partial charge in [-0.2, -0.15) is 5.26 Å². The van der Waals surface area contributed by atoms with E-state index in [4.69, 9.17) is 14.2 Å². The first-order valence-corrected chi connectivity index (χ1v) is 11.0. The Bertz CT molecular complexity index is 1380. The number of carbonyl (C=O) groups is 3. The quantitative estimate of drug-likeness (QED) is 0.276. The maximum absolute atomic E-state index is 13.6. The van der Waals surface area contributed by atoms with Gasteiger partial charge in [-0.15, -0.1) is 0 Å². The first-order valence-electron chi connectivity index (χ1n) is 11.0. The number of anilines is 1. The Kier molecular flexibility index (Phi) is 5.95. The Morgan fingerprint density at radius 2 is 1.83 bits per heavy atom. The van der Waals surface area contributed by atoms with Gasteiger partial charge < -0.3 is 14.2 Å². The maximum atomic E-state index is 13.6. The van der Waals surface area contributed by atoms with Gasteiger partial charge in [0.2, 0.25) is 0 Å². The second-order valence-electron chi connectivity index (χ2n) is 8.66. The van der Waals surface area contributed by atoms with E-state index in [0.717, 1.165) is 5.57 Å². The molecule has 0 aliphatic carbocycles. The van der Waals surface area contributed by atoms with Crippen LogP contribution in [-0.2, 0) is 14.3 Å². The maximum Gasteiger partial charge on any atom is 0.349 e. The molecule has 0 radical (unpaired) electrons. The molecule has 0 spiro atoms. The third-order valence-electron chi connectivity index (χ3n) is 5.94. The highest BCUT2D eigenvalue weighted by atomic mass is 16.5. The molecule has 2 aliphatic heterocycles. The van der Waals surface area contributed by atoms with Crippen LogP contribution in [0.4, 0.5) is 5.69 Å². The number of carbonyl (C=O) groups excluding carboxylic acids is 3. The summed E-state index contributed by atoms with van der Waals surface area (Å²) in [4.78, 5) is 40.7. The molecule has 0 saturated carbocycles. The number of benzene rings is 2. The van der Waals surface area contributed by atoms with E-state index in [1.54, 1.807) is 42.2 Å². The molecule has 8 heteroatoms. The first kappa shape index (κ1) is 23.8. The average molecular weight is 472 g/mol. The van der Waals surface area contributed by atoms with Crippen molar-refractivity contribution in [1.29, 1.82) is 5.26 Å². The van der Waals surface area contributed by atoms with Crippen molar-refractivity contribution in [2.75, 3.05) is 18.6 Å². The number of methoxy groups -OCH3 is 1. The monoisotopic (exact) mass is 472 g/mol. The van der Waals surface area contributed by atoms with Crippen LogP contribution in [0.15, 0.2) is 48.0 Å². The molecule has 0 unspecified atom stereocenters. The lowest BCUT2D eigenvalue weighted by Crippen LogP contribution is -2.46. The molecule has 1 amide bonds. The summed E-state index contributed by atoms with van der Waals surface area (Å²) in [5, 5.41) is 9.78. The predicted molar refractivity (Wildman–Crippen MR) is 129 cm³/mol. The number of nitriles is 1. The molecule has 0 bridgehead atoms. The van der Waals surface area contributed by atoms with Crippen LogP contribution in [0.5, 0.6) is 11.5 Å².